The number of esters is 1. The zero-order chi connectivity index (χ0) is 18.3. The predicted molar refractivity (Wildman–Crippen MR) is 95.0 cm³/mol. The van der Waals surface area contributed by atoms with Crippen LogP contribution in [0.2, 0.25) is 0 Å². The van der Waals surface area contributed by atoms with E-state index in [0.717, 1.165) is 0 Å². The number of rotatable bonds is 7. The number of carbonyl (C=O) groups excluding carboxylic acids is 2. The first-order chi connectivity index (χ1) is 11.9. The lowest BCUT2D eigenvalue weighted by molar-refractivity contribution is -0.113. The average Bonchev–Trinajstić information content (AvgIpc) is 2.55. The molecule has 25 heavy (non-hydrogen) atoms. The van der Waals surface area contributed by atoms with Gasteiger partial charge in [0.2, 0.25) is 5.91 Å². The van der Waals surface area contributed by atoms with Gasteiger partial charge in [0.15, 0.2) is 9.84 Å². The van der Waals surface area contributed by atoms with Gasteiger partial charge in [-0.1, -0.05) is 30.3 Å². The second kappa shape index (κ2) is 8.43. The molecule has 6 nitrogen and oxygen atoms in total. The van der Waals surface area contributed by atoms with E-state index in [1.807, 2.05) is 0 Å². The van der Waals surface area contributed by atoms with Gasteiger partial charge < -0.3 is 10.1 Å². The molecular formula is C18H19NO5S. The number of nitrogens with one attached hydrogen (secondary N) is 1. The maximum atomic E-state index is 12.1. The van der Waals surface area contributed by atoms with Crippen LogP contribution in [0, 0.1) is 0 Å². The van der Waals surface area contributed by atoms with Gasteiger partial charge in [-0.25, -0.2) is 13.2 Å². The molecule has 7 heteroatoms. The number of sulfone groups is 1. The Hall–Kier alpha value is -2.67. The van der Waals surface area contributed by atoms with Crippen molar-refractivity contribution in [2.45, 2.75) is 12.7 Å². The van der Waals surface area contributed by atoms with Gasteiger partial charge in [-0.2, -0.15) is 0 Å². The molecule has 1 amide bonds. The van der Waals surface area contributed by atoms with Crippen LogP contribution in [0.25, 0.3) is 0 Å². The largest absolute Gasteiger partial charge is 0.462 e. The molecule has 132 valence electrons. The number of hydrogen-bond donors (Lipinski definition) is 1. The van der Waals surface area contributed by atoms with Gasteiger partial charge in [-0.3, -0.25) is 4.79 Å². The van der Waals surface area contributed by atoms with Crippen molar-refractivity contribution in [1.29, 1.82) is 0 Å². The molecule has 0 aliphatic carbocycles. The summed E-state index contributed by atoms with van der Waals surface area (Å²) >= 11 is 0. The molecular weight excluding hydrogens is 342 g/mol. The highest BCUT2D eigenvalue weighted by molar-refractivity contribution is 7.91. The van der Waals surface area contributed by atoms with E-state index < -0.39 is 27.5 Å². The van der Waals surface area contributed by atoms with Gasteiger partial charge >= 0.3 is 5.97 Å². The van der Waals surface area contributed by atoms with Crippen molar-refractivity contribution < 1.29 is 22.7 Å². The zero-order valence-corrected chi connectivity index (χ0v) is 14.6. The van der Waals surface area contributed by atoms with E-state index in [1.54, 1.807) is 37.3 Å². The van der Waals surface area contributed by atoms with E-state index in [0.29, 0.717) is 16.8 Å². The Kier molecular flexibility index (Phi) is 6.30. The van der Waals surface area contributed by atoms with E-state index in [4.69, 9.17) is 4.74 Å². The van der Waals surface area contributed by atoms with Crippen molar-refractivity contribution in [3.05, 3.63) is 65.7 Å². The Labute approximate surface area is 146 Å². The molecule has 2 aromatic rings. The zero-order valence-electron chi connectivity index (χ0n) is 13.8. The number of benzene rings is 2. The Balaban J connectivity index is 1.94. The van der Waals surface area contributed by atoms with Crippen molar-refractivity contribution in [3.63, 3.8) is 0 Å². The molecule has 0 fully saturated rings. The third kappa shape index (κ3) is 6.04. The van der Waals surface area contributed by atoms with Crippen LogP contribution in [0.15, 0.2) is 54.6 Å². The molecule has 0 unspecified atom stereocenters. The number of amides is 1. The van der Waals surface area contributed by atoms with Crippen LogP contribution >= 0.6 is 0 Å². The molecule has 0 atom stereocenters. The fourth-order valence-corrected chi connectivity index (χ4v) is 3.45. The molecule has 0 saturated heterocycles. The highest BCUT2D eigenvalue weighted by Gasteiger charge is 2.17. The number of anilines is 1. The van der Waals surface area contributed by atoms with Crippen LogP contribution in [0.3, 0.4) is 0 Å². The van der Waals surface area contributed by atoms with Crippen molar-refractivity contribution in [3.8, 4) is 0 Å². The highest BCUT2D eigenvalue weighted by atomic mass is 32.2. The van der Waals surface area contributed by atoms with Crippen LogP contribution in [0.5, 0.6) is 0 Å². The molecule has 0 bridgehead atoms. The summed E-state index contributed by atoms with van der Waals surface area (Å²) in [5.74, 6) is -1.88. The molecule has 2 aromatic carbocycles. The van der Waals surface area contributed by atoms with Gasteiger partial charge in [0.1, 0.15) is 5.75 Å². The lowest BCUT2D eigenvalue weighted by Gasteiger charge is -2.07. The minimum Gasteiger partial charge on any atom is -0.462 e. The summed E-state index contributed by atoms with van der Waals surface area (Å²) < 4.78 is 29.1. The highest BCUT2D eigenvalue weighted by Crippen LogP contribution is 2.12. The Morgan fingerprint density at radius 1 is 1.00 bits per heavy atom. The first kappa shape index (κ1) is 18.7. The van der Waals surface area contributed by atoms with Gasteiger partial charge in [-0.15, -0.1) is 0 Å². The standard InChI is InChI=1S/C18H19NO5S/c1-2-24-18(21)15-8-10-16(11-9-15)19-17(20)13-25(22,23)12-14-6-4-3-5-7-14/h3-11H,2,12-13H2,1H3,(H,19,20). The second-order valence-electron chi connectivity index (χ2n) is 5.36. The molecule has 0 aliphatic rings. The summed E-state index contributed by atoms with van der Waals surface area (Å²) in [6, 6.07) is 14.7. The monoisotopic (exact) mass is 361 g/mol. The van der Waals surface area contributed by atoms with Crippen molar-refractivity contribution in [2.75, 3.05) is 17.7 Å². The van der Waals surface area contributed by atoms with E-state index >= 15 is 0 Å². The lowest BCUT2D eigenvalue weighted by Crippen LogP contribution is -2.24. The molecule has 0 spiro atoms. The molecule has 0 heterocycles. The van der Waals surface area contributed by atoms with E-state index in [-0.39, 0.29) is 12.4 Å². The maximum absolute atomic E-state index is 12.1. The summed E-state index contributed by atoms with van der Waals surface area (Å²) in [7, 11) is -3.57. The van der Waals surface area contributed by atoms with Crippen LogP contribution in [-0.4, -0.2) is 32.7 Å². The van der Waals surface area contributed by atoms with Crippen molar-refractivity contribution in [1.82, 2.24) is 0 Å². The minimum atomic E-state index is -3.57. The number of hydrogen-bond acceptors (Lipinski definition) is 5. The summed E-state index contributed by atoms with van der Waals surface area (Å²) in [5.41, 5.74) is 1.40. The van der Waals surface area contributed by atoms with Gasteiger partial charge in [0.05, 0.1) is 17.9 Å². The Bertz CT molecular complexity index is 830. The summed E-state index contributed by atoms with van der Waals surface area (Å²) in [6.45, 7) is 1.99. The minimum absolute atomic E-state index is 0.191. The fourth-order valence-electron chi connectivity index (χ4n) is 2.18. The van der Waals surface area contributed by atoms with E-state index in [9.17, 15) is 18.0 Å². The maximum Gasteiger partial charge on any atom is 0.338 e. The predicted octanol–water partition coefficient (Wildman–Crippen LogP) is 2.42. The van der Waals surface area contributed by atoms with E-state index in [1.165, 1.54) is 24.3 Å². The third-order valence-corrected chi connectivity index (χ3v) is 4.74. The van der Waals surface area contributed by atoms with Gasteiger partial charge in [0.25, 0.3) is 0 Å². The average molecular weight is 361 g/mol. The molecule has 0 saturated carbocycles. The van der Waals surface area contributed by atoms with Gasteiger partial charge in [-0.05, 0) is 36.8 Å². The second-order valence-corrected chi connectivity index (χ2v) is 7.43. The molecule has 2 rings (SSSR count). The Morgan fingerprint density at radius 3 is 2.24 bits per heavy atom. The smallest absolute Gasteiger partial charge is 0.338 e. The summed E-state index contributed by atoms with van der Waals surface area (Å²) in [6.07, 6.45) is 0. The normalized spacial score (nSPS) is 10.9. The number of ether oxygens (including phenoxy) is 1. The van der Waals surface area contributed by atoms with E-state index in [2.05, 4.69) is 5.32 Å². The topological polar surface area (TPSA) is 89.5 Å². The number of carbonyl (C=O) groups is 2. The van der Waals surface area contributed by atoms with Crippen molar-refractivity contribution >= 4 is 27.4 Å². The van der Waals surface area contributed by atoms with Crippen LogP contribution in [0.1, 0.15) is 22.8 Å². The fraction of sp³-hybridized carbons (Fsp3) is 0.222. The van der Waals surface area contributed by atoms with Crippen LogP contribution in [-0.2, 0) is 25.1 Å². The lowest BCUT2D eigenvalue weighted by atomic mass is 10.2. The third-order valence-electron chi connectivity index (χ3n) is 3.26. The first-order valence-corrected chi connectivity index (χ1v) is 9.53. The van der Waals surface area contributed by atoms with Crippen LogP contribution < -0.4 is 5.32 Å². The molecule has 0 aliphatic heterocycles. The molecule has 0 radical (unpaired) electrons. The van der Waals surface area contributed by atoms with Crippen LogP contribution in [0.4, 0.5) is 5.69 Å². The molecule has 1 N–H and O–H groups in total. The summed E-state index contributed by atoms with van der Waals surface area (Å²) in [4.78, 5) is 23.5. The molecule has 0 aromatic heterocycles. The quantitative estimate of drug-likeness (QED) is 0.765. The van der Waals surface area contributed by atoms with Gasteiger partial charge in [0, 0.05) is 5.69 Å². The first-order valence-electron chi connectivity index (χ1n) is 7.71. The Morgan fingerprint density at radius 2 is 1.64 bits per heavy atom. The van der Waals surface area contributed by atoms with Crippen molar-refractivity contribution in [2.24, 2.45) is 0 Å². The summed E-state index contributed by atoms with van der Waals surface area (Å²) in [5, 5.41) is 2.51. The SMILES string of the molecule is CCOC(=O)c1ccc(NC(=O)CS(=O)(=O)Cc2ccccc2)cc1.